The number of anilines is 3. The molecule has 0 aliphatic carbocycles. The van der Waals surface area contributed by atoms with E-state index in [-0.39, 0.29) is 103 Å². The Morgan fingerprint density at radius 3 is 1.33 bits per heavy atom. The molecule has 123 heavy (non-hydrogen) atoms. The Balaban J connectivity index is 0.000000151. The normalized spacial score (nSPS) is 15.8. The highest BCUT2D eigenvalue weighted by Crippen LogP contribution is 2.44. The maximum atomic E-state index is 15.0. The molecule has 3 atom stereocenters. The zero-order valence-corrected chi connectivity index (χ0v) is 71.8. The number of amides is 3. The zero-order chi connectivity index (χ0) is 87.8. The molecule has 2 N–H and O–H groups in total. The Labute approximate surface area is 722 Å². The van der Waals surface area contributed by atoms with Crippen LogP contribution in [0.5, 0.6) is 11.5 Å². The number of halogens is 5. The van der Waals surface area contributed by atoms with Crippen LogP contribution in [0.1, 0.15) is 100 Å². The van der Waals surface area contributed by atoms with Gasteiger partial charge in [-0.15, -0.1) is 0 Å². The minimum absolute atomic E-state index is 0.0177. The van der Waals surface area contributed by atoms with Gasteiger partial charge in [-0.25, -0.2) is 61.8 Å². The van der Waals surface area contributed by atoms with Gasteiger partial charge in [0.2, 0.25) is 17.7 Å². The van der Waals surface area contributed by atoms with Crippen molar-refractivity contribution in [3.63, 3.8) is 0 Å². The van der Waals surface area contributed by atoms with Gasteiger partial charge in [-0.3, -0.25) is 24.4 Å². The number of aromatic nitrogens is 12. The number of piperazine rings is 3. The summed E-state index contributed by atoms with van der Waals surface area (Å²) in [5.74, 6) is -0.323. The molecule has 32 heteroatoms. The monoisotopic (exact) mass is 1720 g/mol. The Kier molecular flexibility index (Phi) is 25.3. The first kappa shape index (κ1) is 86.4. The molecular formula is C91H90Cl3F2N19O8. The van der Waals surface area contributed by atoms with Gasteiger partial charge in [0, 0.05) is 113 Å². The van der Waals surface area contributed by atoms with Gasteiger partial charge in [-0.2, -0.15) is 15.0 Å². The molecule has 0 bridgehead atoms. The lowest BCUT2D eigenvalue weighted by Gasteiger charge is -2.40. The molecule has 0 saturated carbocycles. The molecule has 632 valence electrons. The first-order valence-electron chi connectivity index (χ1n) is 40.3. The summed E-state index contributed by atoms with van der Waals surface area (Å²) in [6.45, 7) is 35.3. The average Bonchev–Trinajstić information content (AvgIpc) is 1.32. The minimum atomic E-state index is -0.712. The first-order chi connectivity index (χ1) is 58.9. The second kappa shape index (κ2) is 36.0. The molecule has 3 fully saturated rings. The van der Waals surface area contributed by atoms with Crippen LogP contribution in [-0.4, -0.2) is 184 Å². The number of carbonyl (C=O) groups excluding carboxylic acids is 3. The number of aryl methyl sites for hydroxylation is 3. The maximum Gasteiger partial charge on any atom is 0.357 e. The van der Waals surface area contributed by atoms with Crippen LogP contribution in [0.25, 0.3) is 84.2 Å². The third kappa shape index (κ3) is 16.7. The second-order valence-electron chi connectivity index (χ2n) is 31.3. The number of pyridine rings is 6. The number of fused-ring (bicyclic) bond motifs is 4. The summed E-state index contributed by atoms with van der Waals surface area (Å²) in [7, 11) is 0. The summed E-state index contributed by atoms with van der Waals surface area (Å²) in [4.78, 5) is 136. The van der Waals surface area contributed by atoms with E-state index in [0.29, 0.717) is 146 Å². The number of benzene rings is 3. The van der Waals surface area contributed by atoms with Crippen LogP contribution < -0.4 is 31.8 Å². The molecule has 12 aromatic rings. The van der Waals surface area contributed by atoms with Crippen LogP contribution in [0.4, 0.5) is 26.2 Å². The van der Waals surface area contributed by atoms with Crippen molar-refractivity contribution in [2.24, 2.45) is 10.9 Å². The van der Waals surface area contributed by atoms with Crippen molar-refractivity contribution in [1.82, 2.24) is 73.3 Å². The van der Waals surface area contributed by atoms with E-state index in [1.807, 2.05) is 81.8 Å². The molecule has 0 spiro atoms. The largest absolute Gasteiger partial charge is 0.507 e. The van der Waals surface area contributed by atoms with E-state index in [4.69, 9.17) is 44.8 Å². The molecule has 4 aliphatic rings. The van der Waals surface area contributed by atoms with Crippen molar-refractivity contribution in [2.45, 2.75) is 113 Å². The van der Waals surface area contributed by atoms with Crippen molar-refractivity contribution < 1.29 is 33.4 Å². The van der Waals surface area contributed by atoms with Crippen molar-refractivity contribution in [3.8, 4) is 62.6 Å². The number of rotatable bonds is 16. The number of carbonyl (C=O) groups is 3. The number of phenols is 2. The van der Waals surface area contributed by atoms with Crippen LogP contribution in [0.15, 0.2) is 173 Å². The van der Waals surface area contributed by atoms with E-state index in [9.17, 15) is 47.8 Å². The Morgan fingerprint density at radius 1 is 0.504 bits per heavy atom. The van der Waals surface area contributed by atoms with Gasteiger partial charge in [0.05, 0.1) is 77.4 Å². The van der Waals surface area contributed by atoms with E-state index in [1.54, 1.807) is 62.1 Å². The molecule has 9 aromatic heterocycles. The van der Waals surface area contributed by atoms with E-state index in [2.05, 4.69) is 104 Å². The average molecular weight is 1720 g/mol. The van der Waals surface area contributed by atoms with Gasteiger partial charge >= 0.3 is 17.1 Å². The first-order valence-corrected chi connectivity index (χ1v) is 41.5. The van der Waals surface area contributed by atoms with Crippen molar-refractivity contribution in [3.05, 3.63) is 251 Å². The number of phenolic OH excluding ortho intramolecular Hbond substituents is 2. The van der Waals surface area contributed by atoms with E-state index in [0.717, 1.165) is 44.6 Å². The minimum Gasteiger partial charge on any atom is -0.507 e. The molecule has 0 unspecified atom stereocenters. The van der Waals surface area contributed by atoms with Gasteiger partial charge in [0.25, 0.3) is 0 Å². The molecule has 3 aromatic carbocycles. The molecule has 16 rings (SSSR count). The third-order valence-corrected chi connectivity index (χ3v) is 23.2. The summed E-state index contributed by atoms with van der Waals surface area (Å²) in [6.07, 6.45) is 11.9. The smallest absolute Gasteiger partial charge is 0.357 e. The summed E-state index contributed by atoms with van der Waals surface area (Å²) in [5, 5.41) is 23.1. The molecular weight excluding hydrogens is 1630 g/mol. The van der Waals surface area contributed by atoms with Gasteiger partial charge in [0.1, 0.15) is 52.2 Å². The Bertz CT molecular complexity index is 6480. The van der Waals surface area contributed by atoms with E-state index in [1.165, 1.54) is 63.8 Å². The van der Waals surface area contributed by atoms with Crippen LogP contribution in [0.2, 0.25) is 15.1 Å². The van der Waals surface area contributed by atoms with Gasteiger partial charge in [-0.1, -0.05) is 126 Å². The van der Waals surface area contributed by atoms with Crippen LogP contribution in [0, 0.1) is 31.4 Å². The topological polar surface area (TPSA) is 305 Å². The van der Waals surface area contributed by atoms with E-state index < -0.39 is 28.7 Å². The lowest BCUT2D eigenvalue weighted by atomic mass is 9.95. The molecule has 27 nitrogen and oxygen atoms in total. The van der Waals surface area contributed by atoms with Gasteiger partial charge in [-0.05, 0) is 166 Å². The maximum absolute atomic E-state index is 15.0. The fraction of sp³-hybridized carbons (Fsp3) is 0.297. The van der Waals surface area contributed by atoms with Crippen LogP contribution >= 0.6 is 34.8 Å². The third-order valence-electron chi connectivity index (χ3n) is 22.4. The quantitative estimate of drug-likeness (QED) is 0.0849. The lowest BCUT2D eigenvalue weighted by Crippen LogP contribution is -2.54. The zero-order valence-electron chi connectivity index (χ0n) is 69.5. The molecule has 13 heterocycles. The number of hydrogen-bond acceptors (Lipinski definition) is 21. The number of nitrogens with zero attached hydrogens (tertiary/aromatic N) is 19. The van der Waals surface area contributed by atoms with Crippen molar-refractivity contribution in [2.75, 3.05) is 73.6 Å². The second-order valence-corrected chi connectivity index (χ2v) is 32.6. The van der Waals surface area contributed by atoms with Crippen LogP contribution in [-0.2, 0) is 33.8 Å². The summed E-state index contributed by atoms with van der Waals surface area (Å²) in [5.41, 5.74) is 7.27. The predicted molar refractivity (Wildman–Crippen MR) is 477 cm³/mol. The molecule has 3 saturated heterocycles. The highest BCUT2D eigenvalue weighted by Gasteiger charge is 2.36. The standard InChI is InChI=1S/C33H34ClN7O2.C30H30ClFN6O3.C28H26ClFN6O3/c1-7-26(42)39-12-13-40(21(6)17-39)31-23-14-25(34)29(27-19(4)8-9-22-15-35-16-24(22)27)37-32(23)41(33(43)38-31)30-20(5)10-11-36-28(30)18(2)3;1-5-24(40)36-12-13-37(18(4)16-36)28-20-15-21(31)26(25-22(32)9-6-10-23(25)39)34-29(20)38(30(41)35-28)27-19(14-17(2)3)8-7-11-33-27;1-4-17-8-7-11-31-25(17)36-27-18(14-19(29)24(32-27)23-20(30)9-6-10-21(23)37)26(33-28(36)39)35-13-12-34(15-16(35)3)22(38)5-2/h7-11,14,16,18,21H,1,12-13,15,17H2,2-6H3;5-11,15,17-18,39H,1,12-14,16H2,2-4H3;5-11,14,16,37H,2,4,12-13,15H2,1,3H3/t21-;18-;16-/m000/s1. The summed E-state index contributed by atoms with van der Waals surface area (Å²) in [6, 6.07) is 25.7. The molecule has 4 aliphatic heterocycles. The van der Waals surface area contributed by atoms with Gasteiger partial charge in [0.15, 0.2) is 16.9 Å². The predicted octanol–water partition coefficient (Wildman–Crippen LogP) is 14.3. The van der Waals surface area contributed by atoms with Crippen molar-refractivity contribution in [1.29, 1.82) is 0 Å². The van der Waals surface area contributed by atoms with Crippen LogP contribution in [0.3, 0.4) is 0 Å². The van der Waals surface area contributed by atoms with E-state index >= 15 is 0 Å². The summed E-state index contributed by atoms with van der Waals surface area (Å²) >= 11 is 20.4. The molecule has 3 amide bonds. The SMILES string of the molecule is C=CC(=O)N1CCN(c2nc(=O)n(-c3c(C)ccnc3C(C)C)c3nc(-c4c(C)ccc5c4C=NC5)c(Cl)cc23)[C@@H](C)C1.C=CC(=O)N1CCN(c2nc(=O)n(-c3ncccc3CC(C)C)c3nc(-c4c(O)cccc4F)c(Cl)cc23)[C@@H](C)C1.C=CC(=O)N1CCN(c2nc(=O)n(-c3ncccc3CC)c3nc(-c4c(O)cccc4F)c(Cl)cc23)[C@@H](C)C1. The fourth-order valence-corrected chi connectivity index (χ4v) is 17.1. The highest BCUT2D eigenvalue weighted by atomic mass is 35.5. The number of hydrogen-bond donors (Lipinski definition) is 2. The Hall–Kier alpha value is -13.0. The number of aromatic hydroxyl groups is 2. The van der Waals surface area contributed by atoms with Gasteiger partial charge < -0.3 is 39.6 Å². The Morgan fingerprint density at radius 2 is 0.919 bits per heavy atom. The lowest BCUT2D eigenvalue weighted by molar-refractivity contribution is -0.127. The number of aliphatic imine (C=N–C) groups is 1. The summed E-state index contributed by atoms with van der Waals surface area (Å²) < 4.78 is 34.1. The fourth-order valence-electron chi connectivity index (χ4n) is 16.4. The molecule has 0 radical (unpaired) electrons. The highest BCUT2D eigenvalue weighted by molar-refractivity contribution is 6.35. The van der Waals surface area contributed by atoms with Crippen molar-refractivity contribution >= 4 is 109 Å².